The number of halogens is 1. The summed E-state index contributed by atoms with van der Waals surface area (Å²) < 4.78 is 11.9. The molecule has 0 bridgehead atoms. The molecule has 120 valence electrons. The van der Waals surface area contributed by atoms with Gasteiger partial charge in [-0.2, -0.15) is 0 Å². The van der Waals surface area contributed by atoms with Crippen LogP contribution in [-0.2, 0) is 16.0 Å². The van der Waals surface area contributed by atoms with Crippen LogP contribution in [0.3, 0.4) is 0 Å². The van der Waals surface area contributed by atoms with E-state index in [1.807, 2.05) is 33.0 Å². The standard InChI is InChI=1S/C16H26BrNO3/c1-13(2)21-9-8-20-12-16(19)11-18(3)10-14-4-6-15(17)7-5-14/h4-7,13,16,19H,8-12H2,1-3H3. The first kappa shape index (κ1) is 18.6. The first-order chi connectivity index (χ1) is 9.97. The number of nitrogens with zero attached hydrogens (tertiary/aromatic N) is 1. The Bertz CT molecular complexity index is 384. The third-order valence-corrected chi connectivity index (χ3v) is 3.41. The Hall–Kier alpha value is -0.460. The van der Waals surface area contributed by atoms with Gasteiger partial charge in [-0.25, -0.2) is 0 Å². The Morgan fingerprint density at radius 1 is 1.19 bits per heavy atom. The number of likely N-dealkylation sites (N-methyl/N-ethyl adjacent to an activating group) is 1. The highest BCUT2D eigenvalue weighted by Gasteiger charge is 2.09. The summed E-state index contributed by atoms with van der Waals surface area (Å²) in [4.78, 5) is 2.09. The minimum atomic E-state index is -0.482. The molecule has 0 spiro atoms. The molecule has 0 amide bonds. The van der Waals surface area contributed by atoms with E-state index in [1.165, 1.54) is 5.56 Å². The predicted molar refractivity (Wildman–Crippen MR) is 88.4 cm³/mol. The van der Waals surface area contributed by atoms with Crippen LogP contribution in [0, 0.1) is 0 Å². The maximum absolute atomic E-state index is 9.94. The lowest BCUT2D eigenvalue weighted by molar-refractivity contribution is -0.0174. The largest absolute Gasteiger partial charge is 0.389 e. The van der Waals surface area contributed by atoms with Crippen molar-refractivity contribution in [2.75, 3.05) is 33.4 Å². The second kappa shape index (κ2) is 10.3. The summed E-state index contributed by atoms with van der Waals surface area (Å²) in [6.07, 6.45) is -0.264. The first-order valence-corrected chi connectivity index (χ1v) is 8.07. The topological polar surface area (TPSA) is 41.9 Å². The van der Waals surface area contributed by atoms with Crippen molar-refractivity contribution in [3.05, 3.63) is 34.3 Å². The molecule has 1 aromatic rings. The SMILES string of the molecule is CC(C)OCCOCC(O)CN(C)Cc1ccc(Br)cc1. The fourth-order valence-electron chi connectivity index (χ4n) is 1.94. The maximum Gasteiger partial charge on any atom is 0.0900 e. The van der Waals surface area contributed by atoms with Crippen molar-refractivity contribution < 1.29 is 14.6 Å². The van der Waals surface area contributed by atoms with Crippen molar-refractivity contribution in [3.8, 4) is 0 Å². The molecular weight excluding hydrogens is 334 g/mol. The van der Waals surface area contributed by atoms with Crippen molar-refractivity contribution in [2.24, 2.45) is 0 Å². The third-order valence-electron chi connectivity index (χ3n) is 2.88. The van der Waals surface area contributed by atoms with E-state index in [1.54, 1.807) is 0 Å². The third kappa shape index (κ3) is 9.22. The molecule has 21 heavy (non-hydrogen) atoms. The molecule has 1 unspecified atom stereocenters. The normalized spacial score (nSPS) is 13.1. The number of ether oxygens (including phenoxy) is 2. The number of aliphatic hydroxyl groups excluding tert-OH is 1. The van der Waals surface area contributed by atoms with Crippen LogP contribution < -0.4 is 0 Å². The summed E-state index contributed by atoms with van der Waals surface area (Å²) in [6, 6.07) is 8.20. The van der Waals surface area contributed by atoms with Crippen molar-refractivity contribution in [1.82, 2.24) is 4.90 Å². The second-order valence-corrected chi connectivity index (χ2v) is 6.39. The predicted octanol–water partition coefficient (Wildman–Crippen LogP) is 2.68. The van der Waals surface area contributed by atoms with Gasteiger partial charge in [-0.3, -0.25) is 4.90 Å². The van der Waals surface area contributed by atoms with Crippen LogP contribution in [0.5, 0.6) is 0 Å². The van der Waals surface area contributed by atoms with Crippen LogP contribution in [0.2, 0.25) is 0 Å². The van der Waals surface area contributed by atoms with Gasteiger partial charge in [0.25, 0.3) is 0 Å². The average molecular weight is 360 g/mol. The van der Waals surface area contributed by atoms with Gasteiger partial charge in [-0.05, 0) is 38.6 Å². The van der Waals surface area contributed by atoms with E-state index in [9.17, 15) is 5.11 Å². The van der Waals surface area contributed by atoms with E-state index >= 15 is 0 Å². The average Bonchev–Trinajstić information content (AvgIpc) is 2.40. The summed E-state index contributed by atoms with van der Waals surface area (Å²) in [5.41, 5.74) is 1.22. The van der Waals surface area contributed by atoms with Gasteiger partial charge in [-0.15, -0.1) is 0 Å². The first-order valence-electron chi connectivity index (χ1n) is 7.27. The van der Waals surface area contributed by atoms with E-state index in [0.29, 0.717) is 26.4 Å². The zero-order valence-corrected chi connectivity index (χ0v) is 14.7. The molecule has 1 atom stereocenters. The Kier molecular flexibility index (Phi) is 9.11. The van der Waals surface area contributed by atoms with E-state index in [0.717, 1.165) is 11.0 Å². The van der Waals surface area contributed by atoms with E-state index in [-0.39, 0.29) is 6.10 Å². The quantitative estimate of drug-likeness (QED) is 0.652. The molecule has 0 saturated carbocycles. The lowest BCUT2D eigenvalue weighted by Crippen LogP contribution is -2.32. The Balaban J connectivity index is 2.15. The molecule has 0 radical (unpaired) electrons. The van der Waals surface area contributed by atoms with Crippen molar-refractivity contribution in [1.29, 1.82) is 0 Å². The van der Waals surface area contributed by atoms with Crippen LogP contribution in [0.1, 0.15) is 19.4 Å². The van der Waals surface area contributed by atoms with Gasteiger partial charge in [0, 0.05) is 17.6 Å². The van der Waals surface area contributed by atoms with Crippen LogP contribution in [-0.4, -0.2) is 55.6 Å². The fourth-order valence-corrected chi connectivity index (χ4v) is 2.20. The van der Waals surface area contributed by atoms with Gasteiger partial charge in [0.1, 0.15) is 0 Å². The molecule has 0 aliphatic carbocycles. The van der Waals surface area contributed by atoms with Crippen molar-refractivity contribution >= 4 is 15.9 Å². The minimum absolute atomic E-state index is 0.218. The van der Waals surface area contributed by atoms with Crippen LogP contribution >= 0.6 is 15.9 Å². The van der Waals surface area contributed by atoms with Gasteiger partial charge < -0.3 is 14.6 Å². The monoisotopic (exact) mass is 359 g/mol. The van der Waals surface area contributed by atoms with Crippen LogP contribution in [0.4, 0.5) is 0 Å². The van der Waals surface area contributed by atoms with E-state index < -0.39 is 6.10 Å². The smallest absolute Gasteiger partial charge is 0.0900 e. The zero-order chi connectivity index (χ0) is 15.7. The summed E-state index contributed by atoms with van der Waals surface area (Å²) >= 11 is 3.42. The molecule has 0 aliphatic rings. The lowest BCUT2D eigenvalue weighted by atomic mass is 10.2. The van der Waals surface area contributed by atoms with Gasteiger partial charge >= 0.3 is 0 Å². The van der Waals surface area contributed by atoms with Crippen molar-refractivity contribution in [3.63, 3.8) is 0 Å². The molecule has 1 rings (SSSR count). The van der Waals surface area contributed by atoms with Gasteiger partial charge in [-0.1, -0.05) is 28.1 Å². The summed E-state index contributed by atoms with van der Waals surface area (Å²) in [5.74, 6) is 0. The number of hydrogen-bond donors (Lipinski definition) is 1. The minimum Gasteiger partial charge on any atom is -0.389 e. The maximum atomic E-state index is 9.94. The molecule has 5 heteroatoms. The van der Waals surface area contributed by atoms with Crippen LogP contribution in [0.25, 0.3) is 0 Å². The second-order valence-electron chi connectivity index (χ2n) is 5.47. The molecule has 4 nitrogen and oxygen atoms in total. The molecule has 0 saturated heterocycles. The summed E-state index contributed by atoms with van der Waals surface area (Å²) in [7, 11) is 1.99. The van der Waals surface area contributed by atoms with Crippen LogP contribution in [0.15, 0.2) is 28.7 Å². The molecule has 0 heterocycles. The Morgan fingerprint density at radius 3 is 2.48 bits per heavy atom. The van der Waals surface area contributed by atoms with Gasteiger partial charge in [0.15, 0.2) is 0 Å². The Labute approximate surface area is 136 Å². The van der Waals surface area contributed by atoms with E-state index in [2.05, 4.69) is 33.0 Å². The number of benzene rings is 1. The highest BCUT2D eigenvalue weighted by molar-refractivity contribution is 9.10. The zero-order valence-electron chi connectivity index (χ0n) is 13.1. The number of rotatable bonds is 10. The Morgan fingerprint density at radius 2 is 1.86 bits per heavy atom. The lowest BCUT2D eigenvalue weighted by Gasteiger charge is -2.20. The fraction of sp³-hybridized carbons (Fsp3) is 0.625. The van der Waals surface area contributed by atoms with Gasteiger partial charge in [0.05, 0.1) is 32.0 Å². The molecule has 1 N–H and O–H groups in total. The van der Waals surface area contributed by atoms with E-state index in [4.69, 9.17) is 9.47 Å². The summed E-state index contributed by atoms with van der Waals surface area (Å²) in [5, 5.41) is 9.94. The summed E-state index contributed by atoms with van der Waals surface area (Å²) in [6.45, 7) is 6.80. The number of aliphatic hydroxyl groups is 1. The highest BCUT2D eigenvalue weighted by Crippen LogP contribution is 2.11. The highest BCUT2D eigenvalue weighted by atomic mass is 79.9. The van der Waals surface area contributed by atoms with Crippen molar-refractivity contribution in [2.45, 2.75) is 32.6 Å². The number of hydrogen-bond acceptors (Lipinski definition) is 4. The molecule has 0 fully saturated rings. The molecular formula is C16H26BrNO3. The molecule has 0 aromatic heterocycles. The molecule has 1 aromatic carbocycles. The molecule has 0 aliphatic heterocycles. The van der Waals surface area contributed by atoms with Gasteiger partial charge in [0.2, 0.25) is 0 Å².